The lowest BCUT2D eigenvalue weighted by molar-refractivity contribution is -0.138. The fourth-order valence-corrected chi connectivity index (χ4v) is 1.92. The average molecular weight is 270 g/mol. The highest BCUT2D eigenvalue weighted by Gasteiger charge is 2.18. The second kappa shape index (κ2) is 3.63. The summed E-state index contributed by atoms with van der Waals surface area (Å²) in [5, 5.41) is 8.85. The van der Waals surface area contributed by atoms with Crippen molar-refractivity contribution in [3.8, 4) is 0 Å². The van der Waals surface area contributed by atoms with Gasteiger partial charge in [0.15, 0.2) is 4.73 Å². The van der Waals surface area contributed by atoms with E-state index >= 15 is 0 Å². The van der Waals surface area contributed by atoms with Gasteiger partial charge >= 0.3 is 5.97 Å². The molecule has 0 saturated carbocycles. The van der Waals surface area contributed by atoms with Crippen LogP contribution in [0.25, 0.3) is 5.52 Å². The summed E-state index contributed by atoms with van der Waals surface area (Å²) in [5.41, 5.74) is 6.86. The third-order valence-corrected chi connectivity index (χ3v) is 2.68. The van der Waals surface area contributed by atoms with Crippen molar-refractivity contribution in [1.29, 1.82) is 0 Å². The maximum atomic E-state index is 10.8. The van der Waals surface area contributed by atoms with Gasteiger partial charge in [0.1, 0.15) is 6.04 Å². The standard InChI is InChI=1S/C9H8BrN3O2/c10-9-12-4-5-2-1-3-6(13(5)9)7(11)8(14)15/h1-4,7H,11H2,(H,14,15). The molecule has 0 radical (unpaired) electrons. The molecule has 1 unspecified atom stereocenters. The summed E-state index contributed by atoms with van der Waals surface area (Å²) < 4.78 is 2.21. The van der Waals surface area contributed by atoms with Crippen molar-refractivity contribution < 1.29 is 9.90 Å². The molecule has 0 aliphatic carbocycles. The first-order valence-electron chi connectivity index (χ1n) is 4.21. The third-order valence-electron chi connectivity index (χ3n) is 2.12. The van der Waals surface area contributed by atoms with E-state index in [-0.39, 0.29) is 0 Å². The van der Waals surface area contributed by atoms with Crippen molar-refractivity contribution in [3.63, 3.8) is 0 Å². The van der Waals surface area contributed by atoms with E-state index in [0.717, 1.165) is 5.52 Å². The first-order chi connectivity index (χ1) is 7.11. The summed E-state index contributed by atoms with van der Waals surface area (Å²) >= 11 is 3.24. The zero-order chi connectivity index (χ0) is 11.0. The van der Waals surface area contributed by atoms with Crippen molar-refractivity contribution >= 4 is 27.4 Å². The van der Waals surface area contributed by atoms with Crippen LogP contribution in [0.1, 0.15) is 11.7 Å². The molecule has 2 rings (SSSR count). The zero-order valence-electron chi connectivity index (χ0n) is 7.59. The molecule has 0 saturated heterocycles. The Hall–Kier alpha value is -1.40. The number of aromatic nitrogens is 2. The Kier molecular flexibility index (Phi) is 2.45. The number of pyridine rings is 1. The molecule has 15 heavy (non-hydrogen) atoms. The molecule has 0 spiro atoms. The molecule has 0 fully saturated rings. The van der Waals surface area contributed by atoms with Crippen LogP contribution in [0.15, 0.2) is 29.1 Å². The van der Waals surface area contributed by atoms with Crippen LogP contribution in [0.5, 0.6) is 0 Å². The highest BCUT2D eigenvalue weighted by molar-refractivity contribution is 9.10. The number of imidazole rings is 1. The van der Waals surface area contributed by atoms with Crippen molar-refractivity contribution in [2.24, 2.45) is 5.73 Å². The molecule has 0 amide bonds. The minimum absolute atomic E-state index is 0.490. The summed E-state index contributed by atoms with van der Waals surface area (Å²) in [7, 11) is 0. The molecule has 2 heterocycles. The SMILES string of the molecule is NC(C(=O)O)c1cccc2cnc(Br)n12. The van der Waals surface area contributed by atoms with E-state index in [2.05, 4.69) is 20.9 Å². The number of hydrogen-bond acceptors (Lipinski definition) is 3. The fourth-order valence-electron chi connectivity index (χ4n) is 1.40. The van der Waals surface area contributed by atoms with Gasteiger partial charge in [0.25, 0.3) is 0 Å². The van der Waals surface area contributed by atoms with E-state index in [1.807, 2.05) is 6.07 Å². The van der Waals surface area contributed by atoms with Crippen LogP contribution in [-0.2, 0) is 4.79 Å². The largest absolute Gasteiger partial charge is 0.480 e. The Balaban J connectivity index is 2.69. The van der Waals surface area contributed by atoms with Gasteiger partial charge in [0.2, 0.25) is 0 Å². The predicted octanol–water partition coefficient (Wildman–Crippen LogP) is 1.18. The summed E-state index contributed by atoms with van der Waals surface area (Å²) in [5.74, 6) is -1.07. The summed E-state index contributed by atoms with van der Waals surface area (Å²) in [4.78, 5) is 14.8. The highest BCUT2D eigenvalue weighted by Crippen LogP contribution is 2.19. The van der Waals surface area contributed by atoms with E-state index in [1.165, 1.54) is 0 Å². The Labute approximate surface area is 93.7 Å². The number of fused-ring (bicyclic) bond motifs is 1. The maximum absolute atomic E-state index is 10.8. The van der Waals surface area contributed by atoms with Crippen molar-refractivity contribution in [2.75, 3.05) is 0 Å². The molecule has 2 aromatic heterocycles. The minimum atomic E-state index is -1.07. The highest BCUT2D eigenvalue weighted by atomic mass is 79.9. The van der Waals surface area contributed by atoms with Gasteiger partial charge in [-0.1, -0.05) is 6.07 Å². The van der Waals surface area contributed by atoms with Gasteiger partial charge in [-0.15, -0.1) is 0 Å². The number of hydrogen-bond donors (Lipinski definition) is 2. The Bertz CT molecular complexity index is 523. The van der Waals surface area contributed by atoms with Gasteiger partial charge in [-0.3, -0.25) is 9.20 Å². The van der Waals surface area contributed by atoms with E-state index in [9.17, 15) is 4.79 Å². The van der Waals surface area contributed by atoms with E-state index in [1.54, 1.807) is 22.7 Å². The van der Waals surface area contributed by atoms with Gasteiger partial charge in [-0.25, -0.2) is 4.98 Å². The lowest BCUT2D eigenvalue weighted by Crippen LogP contribution is -2.23. The van der Waals surface area contributed by atoms with Crippen molar-refractivity contribution in [3.05, 3.63) is 34.8 Å². The Morgan fingerprint density at radius 2 is 2.33 bits per heavy atom. The van der Waals surface area contributed by atoms with Crippen molar-refractivity contribution in [2.45, 2.75) is 6.04 Å². The van der Waals surface area contributed by atoms with Gasteiger partial charge in [-0.05, 0) is 28.1 Å². The predicted molar refractivity (Wildman–Crippen MR) is 57.5 cm³/mol. The fraction of sp³-hybridized carbons (Fsp3) is 0.111. The van der Waals surface area contributed by atoms with Crippen LogP contribution in [0, 0.1) is 0 Å². The number of halogens is 1. The molecule has 0 aromatic carbocycles. The molecule has 0 aliphatic rings. The molecular weight excluding hydrogens is 262 g/mol. The molecule has 0 aliphatic heterocycles. The number of rotatable bonds is 2. The number of nitrogens with zero attached hydrogens (tertiary/aromatic N) is 2. The lowest BCUT2D eigenvalue weighted by Gasteiger charge is -2.10. The quantitative estimate of drug-likeness (QED) is 0.858. The number of nitrogens with two attached hydrogens (primary N) is 1. The smallest absolute Gasteiger partial charge is 0.326 e. The Morgan fingerprint density at radius 3 is 3.00 bits per heavy atom. The monoisotopic (exact) mass is 269 g/mol. The molecule has 0 bridgehead atoms. The topological polar surface area (TPSA) is 80.6 Å². The number of carbonyl (C=O) groups is 1. The molecule has 2 aromatic rings. The molecule has 78 valence electrons. The van der Waals surface area contributed by atoms with Gasteiger partial charge in [-0.2, -0.15) is 0 Å². The molecule has 5 nitrogen and oxygen atoms in total. The van der Waals surface area contributed by atoms with Gasteiger partial charge in [0, 0.05) is 0 Å². The van der Waals surface area contributed by atoms with Crippen LogP contribution in [-0.4, -0.2) is 20.5 Å². The van der Waals surface area contributed by atoms with Crippen LogP contribution in [0.2, 0.25) is 0 Å². The third kappa shape index (κ3) is 1.62. The summed E-state index contributed by atoms with van der Waals surface area (Å²) in [6.07, 6.45) is 1.64. The maximum Gasteiger partial charge on any atom is 0.326 e. The summed E-state index contributed by atoms with van der Waals surface area (Å²) in [6, 6.07) is 4.19. The molecule has 3 N–H and O–H groups in total. The van der Waals surface area contributed by atoms with Gasteiger partial charge in [0.05, 0.1) is 17.4 Å². The second-order valence-corrected chi connectivity index (χ2v) is 3.76. The molecule has 1 atom stereocenters. The zero-order valence-corrected chi connectivity index (χ0v) is 9.18. The first kappa shape index (κ1) is 10.1. The van der Waals surface area contributed by atoms with Gasteiger partial charge < -0.3 is 10.8 Å². The van der Waals surface area contributed by atoms with Crippen LogP contribution >= 0.6 is 15.9 Å². The lowest BCUT2D eigenvalue weighted by atomic mass is 10.2. The molecule has 6 heteroatoms. The number of carboxylic acids is 1. The van der Waals surface area contributed by atoms with Crippen LogP contribution in [0.3, 0.4) is 0 Å². The number of carboxylic acid groups (broad SMARTS) is 1. The van der Waals surface area contributed by atoms with Crippen molar-refractivity contribution in [1.82, 2.24) is 9.38 Å². The van der Waals surface area contributed by atoms with E-state index in [0.29, 0.717) is 10.4 Å². The average Bonchev–Trinajstić information content (AvgIpc) is 2.59. The summed E-state index contributed by atoms with van der Waals surface area (Å²) in [6.45, 7) is 0. The second-order valence-electron chi connectivity index (χ2n) is 3.05. The normalized spacial score (nSPS) is 12.9. The minimum Gasteiger partial charge on any atom is -0.480 e. The van der Waals surface area contributed by atoms with E-state index < -0.39 is 12.0 Å². The number of aliphatic carboxylic acids is 1. The first-order valence-corrected chi connectivity index (χ1v) is 5.01. The molecular formula is C9H8BrN3O2. The van der Waals surface area contributed by atoms with Crippen LogP contribution < -0.4 is 5.73 Å². The van der Waals surface area contributed by atoms with E-state index in [4.69, 9.17) is 10.8 Å². The van der Waals surface area contributed by atoms with Crippen LogP contribution in [0.4, 0.5) is 0 Å². The Morgan fingerprint density at radius 1 is 1.60 bits per heavy atom.